The van der Waals surface area contributed by atoms with E-state index >= 15 is 0 Å². The lowest BCUT2D eigenvalue weighted by Crippen LogP contribution is -2.21. The number of fused-ring (bicyclic) bond motifs is 1. The van der Waals surface area contributed by atoms with E-state index in [1.807, 2.05) is 0 Å². The number of esters is 1. The zero-order valence-electron chi connectivity index (χ0n) is 10.4. The van der Waals surface area contributed by atoms with Crippen molar-refractivity contribution >= 4 is 38.6 Å². The minimum atomic E-state index is -3.96. The molecule has 0 spiro atoms. The van der Waals surface area contributed by atoms with E-state index < -0.39 is 21.8 Å². The predicted octanol–water partition coefficient (Wildman–Crippen LogP) is 1.59. The molecular weight excluding hydrogens is 307 g/mol. The molecule has 9 heteroatoms. The number of hydrogen-bond acceptors (Lipinski definition) is 6. The zero-order chi connectivity index (χ0) is 14.8. The summed E-state index contributed by atoms with van der Waals surface area (Å²) in [6.07, 6.45) is 0. The van der Waals surface area contributed by atoms with E-state index in [0.717, 1.165) is 23.9 Å². The number of nitrogens with one attached hydrogen (secondary N) is 1. The number of thioether (sulfide) groups is 1. The number of rotatable bonds is 3. The molecule has 0 bridgehead atoms. The Balaban J connectivity index is 2.18. The highest BCUT2D eigenvalue weighted by molar-refractivity contribution is 8.15. The van der Waals surface area contributed by atoms with Gasteiger partial charge in [0.05, 0.1) is 18.0 Å². The highest BCUT2D eigenvalue weighted by atomic mass is 32.2. The van der Waals surface area contributed by atoms with Gasteiger partial charge < -0.3 is 10.1 Å². The molecule has 0 radical (unpaired) electrons. The van der Waals surface area contributed by atoms with Crippen LogP contribution in [0.4, 0.5) is 10.1 Å². The maximum Gasteiger partial charge on any atom is 0.316 e. The SMILES string of the molecule is CCOC(=O)CSC1=NS(=O)(=O)c2cc(F)ccc2N1. The molecule has 1 N–H and O–H groups in total. The fourth-order valence-electron chi connectivity index (χ4n) is 1.50. The summed E-state index contributed by atoms with van der Waals surface area (Å²) in [5.41, 5.74) is 0.229. The van der Waals surface area contributed by atoms with Gasteiger partial charge in [-0.1, -0.05) is 11.8 Å². The van der Waals surface area contributed by atoms with Crippen LogP contribution in [0.3, 0.4) is 0 Å². The summed E-state index contributed by atoms with van der Waals surface area (Å²) in [4.78, 5) is 11.0. The van der Waals surface area contributed by atoms with Crippen molar-refractivity contribution in [2.24, 2.45) is 4.40 Å². The number of hydrogen-bond donors (Lipinski definition) is 1. The Morgan fingerprint density at radius 2 is 2.25 bits per heavy atom. The van der Waals surface area contributed by atoms with Crippen molar-refractivity contribution in [2.75, 3.05) is 17.7 Å². The van der Waals surface area contributed by atoms with Gasteiger partial charge in [-0.3, -0.25) is 4.79 Å². The van der Waals surface area contributed by atoms with Crippen molar-refractivity contribution in [2.45, 2.75) is 11.8 Å². The summed E-state index contributed by atoms with van der Waals surface area (Å²) in [6, 6.07) is 3.34. The van der Waals surface area contributed by atoms with Crippen LogP contribution in [0.2, 0.25) is 0 Å². The summed E-state index contributed by atoms with van der Waals surface area (Å²) >= 11 is 0.907. The van der Waals surface area contributed by atoms with Crippen LogP contribution in [0, 0.1) is 5.82 Å². The molecule has 0 unspecified atom stereocenters. The number of carbonyl (C=O) groups is 1. The summed E-state index contributed by atoms with van der Waals surface area (Å²) < 4.78 is 45.1. The van der Waals surface area contributed by atoms with E-state index in [4.69, 9.17) is 4.74 Å². The van der Waals surface area contributed by atoms with Crippen LogP contribution in [-0.2, 0) is 19.6 Å². The smallest absolute Gasteiger partial charge is 0.316 e. The van der Waals surface area contributed by atoms with Crippen LogP contribution >= 0.6 is 11.8 Å². The quantitative estimate of drug-likeness (QED) is 0.852. The predicted molar refractivity (Wildman–Crippen MR) is 73.7 cm³/mol. The van der Waals surface area contributed by atoms with Crippen LogP contribution in [0.25, 0.3) is 0 Å². The third-order valence-corrected chi connectivity index (χ3v) is 4.58. The van der Waals surface area contributed by atoms with Crippen molar-refractivity contribution in [3.8, 4) is 0 Å². The standard InChI is InChI=1S/C11H11FN2O4S2/c1-2-18-10(15)6-19-11-13-8-4-3-7(12)5-9(8)20(16,17)14-11/h3-5H,2,6H2,1H3,(H,13,14). The molecule has 1 aromatic rings. The molecule has 108 valence electrons. The average molecular weight is 318 g/mol. The van der Waals surface area contributed by atoms with Gasteiger partial charge in [0.2, 0.25) is 0 Å². The topological polar surface area (TPSA) is 84.8 Å². The molecular formula is C11H11FN2O4S2. The van der Waals surface area contributed by atoms with Gasteiger partial charge >= 0.3 is 5.97 Å². The Bertz CT molecular complexity index is 673. The van der Waals surface area contributed by atoms with Gasteiger partial charge in [-0.15, -0.1) is 4.40 Å². The second kappa shape index (κ2) is 5.80. The molecule has 0 saturated heterocycles. The van der Waals surface area contributed by atoms with Crippen LogP contribution in [0.5, 0.6) is 0 Å². The van der Waals surface area contributed by atoms with E-state index in [-0.39, 0.29) is 28.1 Å². The first-order chi connectivity index (χ1) is 9.42. The van der Waals surface area contributed by atoms with Gasteiger partial charge in [0.1, 0.15) is 10.7 Å². The number of ether oxygens (including phenoxy) is 1. The molecule has 1 heterocycles. The lowest BCUT2D eigenvalue weighted by atomic mass is 10.3. The molecule has 0 fully saturated rings. The van der Waals surface area contributed by atoms with Crippen molar-refractivity contribution in [1.29, 1.82) is 0 Å². The number of carbonyl (C=O) groups excluding carboxylic acids is 1. The fraction of sp³-hybridized carbons (Fsp3) is 0.273. The Labute approximate surface area is 119 Å². The molecule has 0 saturated carbocycles. The minimum Gasteiger partial charge on any atom is -0.465 e. The minimum absolute atomic E-state index is 0.0529. The van der Waals surface area contributed by atoms with Crippen LogP contribution in [0.1, 0.15) is 6.92 Å². The largest absolute Gasteiger partial charge is 0.465 e. The highest BCUT2D eigenvalue weighted by Gasteiger charge is 2.26. The lowest BCUT2D eigenvalue weighted by Gasteiger charge is -2.17. The monoisotopic (exact) mass is 318 g/mol. The molecule has 1 aromatic carbocycles. The van der Waals surface area contributed by atoms with Crippen molar-refractivity contribution in [3.63, 3.8) is 0 Å². The Morgan fingerprint density at radius 1 is 1.50 bits per heavy atom. The molecule has 1 aliphatic heterocycles. The molecule has 0 atom stereocenters. The third-order valence-electron chi connectivity index (χ3n) is 2.30. The summed E-state index contributed by atoms with van der Waals surface area (Å²) in [5, 5.41) is 2.79. The molecule has 6 nitrogen and oxygen atoms in total. The normalized spacial score (nSPS) is 15.8. The zero-order valence-corrected chi connectivity index (χ0v) is 12.1. The maximum atomic E-state index is 13.1. The number of nitrogens with zero attached hydrogens (tertiary/aromatic N) is 1. The van der Waals surface area contributed by atoms with E-state index in [2.05, 4.69) is 9.71 Å². The van der Waals surface area contributed by atoms with Crippen LogP contribution < -0.4 is 5.32 Å². The van der Waals surface area contributed by atoms with Crippen LogP contribution in [-0.4, -0.2) is 31.9 Å². The molecule has 0 aromatic heterocycles. The Morgan fingerprint density at radius 3 is 2.95 bits per heavy atom. The van der Waals surface area contributed by atoms with Gasteiger partial charge in [-0.25, -0.2) is 4.39 Å². The van der Waals surface area contributed by atoms with Crippen LogP contribution in [0.15, 0.2) is 27.5 Å². The first kappa shape index (κ1) is 14.8. The highest BCUT2D eigenvalue weighted by Crippen LogP contribution is 2.29. The second-order valence-electron chi connectivity index (χ2n) is 3.73. The summed E-state index contributed by atoms with van der Waals surface area (Å²) in [5.74, 6) is -1.19. The molecule has 0 amide bonds. The maximum absolute atomic E-state index is 13.1. The van der Waals surface area contributed by atoms with Gasteiger partial charge in [0, 0.05) is 0 Å². The van der Waals surface area contributed by atoms with Gasteiger partial charge in [-0.2, -0.15) is 8.42 Å². The van der Waals surface area contributed by atoms with E-state index in [9.17, 15) is 17.6 Å². The summed E-state index contributed by atoms with van der Waals surface area (Å²) in [6.45, 7) is 1.92. The van der Waals surface area contributed by atoms with Gasteiger partial charge in [0.25, 0.3) is 10.0 Å². The lowest BCUT2D eigenvalue weighted by molar-refractivity contribution is -0.139. The van der Waals surface area contributed by atoms with Crippen molar-refractivity contribution in [3.05, 3.63) is 24.0 Å². The summed E-state index contributed by atoms with van der Waals surface area (Å²) in [7, 11) is -3.96. The van der Waals surface area contributed by atoms with E-state index in [0.29, 0.717) is 0 Å². The van der Waals surface area contributed by atoms with Crippen molar-refractivity contribution in [1.82, 2.24) is 0 Å². The second-order valence-corrected chi connectivity index (χ2v) is 6.27. The molecule has 20 heavy (non-hydrogen) atoms. The first-order valence-corrected chi connectivity index (χ1v) is 8.05. The number of anilines is 1. The Kier molecular flexibility index (Phi) is 4.29. The van der Waals surface area contributed by atoms with Gasteiger partial charge in [-0.05, 0) is 25.1 Å². The Hall–Kier alpha value is -1.61. The molecule has 0 aliphatic carbocycles. The number of sulfonamides is 1. The number of amidine groups is 1. The molecule has 2 rings (SSSR count). The van der Waals surface area contributed by atoms with Gasteiger partial charge in [0.15, 0.2) is 5.17 Å². The first-order valence-electron chi connectivity index (χ1n) is 5.62. The number of halogens is 1. The van der Waals surface area contributed by atoms with Crippen molar-refractivity contribution < 1.29 is 22.3 Å². The third kappa shape index (κ3) is 3.28. The molecule has 1 aliphatic rings. The number of benzene rings is 1. The van der Waals surface area contributed by atoms with E-state index in [1.165, 1.54) is 6.07 Å². The van der Waals surface area contributed by atoms with E-state index in [1.54, 1.807) is 6.92 Å². The fourth-order valence-corrected chi connectivity index (χ4v) is 3.55. The average Bonchev–Trinajstić information content (AvgIpc) is 2.37.